The van der Waals surface area contributed by atoms with Crippen LogP contribution in [-0.4, -0.2) is 34.6 Å². The Morgan fingerprint density at radius 1 is 1.53 bits per heavy atom. The molecule has 100 valence electrons. The van der Waals surface area contributed by atoms with E-state index in [0.717, 1.165) is 32.4 Å². The van der Waals surface area contributed by atoms with Gasteiger partial charge in [0.1, 0.15) is 5.54 Å². The Labute approximate surface area is 105 Å². The highest BCUT2D eigenvalue weighted by molar-refractivity contribution is 5.78. The average Bonchev–Trinajstić information content (AvgIpc) is 2.72. The molecule has 0 radical (unpaired) electrons. The molecule has 0 aromatic carbocycles. The molecule has 3 nitrogen and oxygen atoms in total. The summed E-state index contributed by atoms with van der Waals surface area (Å²) >= 11 is 0. The fourth-order valence-corrected chi connectivity index (χ4v) is 2.92. The zero-order chi connectivity index (χ0) is 13.1. The zero-order valence-corrected chi connectivity index (χ0v) is 11.7. The number of carboxylic acid groups (broad SMARTS) is 1. The second-order valence-electron chi connectivity index (χ2n) is 5.75. The van der Waals surface area contributed by atoms with Crippen LogP contribution < -0.4 is 0 Å². The molecular formula is C14H27NO2. The van der Waals surface area contributed by atoms with Gasteiger partial charge in [0.25, 0.3) is 0 Å². The van der Waals surface area contributed by atoms with Gasteiger partial charge in [0.15, 0.2) is 0 Å². The van der Waals surface area contributed by atoms with E-state index in [1.54, 1.807) is 0 Å². The van der Waals surface area contributed by atoms with E-state index in [2.05, 4.69) is 25.7 Å². The Morgan fingerprint density at radius 2 is 2.18 bits per heavy atom. The first-order valence-electron chi connectivity index (χ1n) is 6.94. The lowest BCUT2D eigenvalue weighted by atomic mass is 9.83. The van der Waals surface area contributed by atoms with Crippen LogP contribution in [0.3, 0.4) is 0 Å². The second kappa shape index (κ2) is 5.85. The smallest absolute Gasteiger partial charge is 0.324 e. The quantitative estimate of drug-likeness (QED) is 0.777. The van der Waals surface area contributed by atoms with Crippen molar-refractivity contribution in [2.75, 3.05) is 13.1 Å². The molecule has 0 bridgehead atoms. The van der Waals surface area contributed by atoms with Crippen LogP contribution in [0.25, 0.3) is 0 Å². The zero-order valence-electron chi connectivity index (χ0n) is 11.7. The molecule has 1 aliphatic heterocycles. The number of rotatable bonds is 6. The lowest BCUT2D eigenvalue weighted by Gasteiger charge is -2.39. The summed E-state index contributed by atoms with van der Waals surface area (Å²) in [4.78, 5) is 14.0. The van der Waals surface area contributed by atoms with Gasteiger partial charge in [-0.05, 0) is 37.6 Å². The van der Waals surface area contributed by atoms with Crippen molar-refractivity contribution in [2.24, 2.45) is 11.8 Å². The summed E-state index contributed by atoms with van der Waals surface area (Å²) < 4.78 is 0. The monoisotopic (exact) mass is 241 g/mol. The minimum atomic E-state index is -0.630. The van der Waals surface area contributed by atoms with Crippen molar-refractivity contribution < 1.29 is 9.90 Å². The number of carboxylic acids is 1. The van der Waals surface area contributed by atoms with Gasteiger partial charge < -0.3 is 5.11 Å². The van der Waals surface area contributed by atoms with Crippen molar-refractivity contribution >= 4 is 5.97 Å². The van der Waals surface area contributed by atoms with Gasteiger partial charge in [0.2, 0.25) is 0 Å². The Kier molecular flexibility index (Phi) is 4.99. The summed E-state index contributed by atoms with van der Waals surface area (Å²) in [7, 11) is 0. The predicted octanol–water partition coefficient (Wildman–Crippen LogP) is 3.00. The lowest BCUT2D eigenvalue weighted by Crippen LogP contribution is -2.54. The molecule has 0 aromatic heterocycles. The molecule has 3 heteroatoms. The lowest BCUT2D eigenvalue weighted by molar-refractivity contribution is -0.152. The first kappa shape index (κ1) is 14.5. The Bertz CT molecular complexity index is 267. The Morgan fingerprint density at radius 3 is 2.53 bits per heavy atom. The third-order valence-electron chi connectivity index (χ3n) is 4.40. The fourth-order valence-electron chi connectivity index (χ4n) is 2.92. The van der Waals surface area contributed by atoms with Crippen molar-refractivity contribution in [1.82, 2.24) is 4.90 Å². The molecule has 17 heavy (non-hydrogen) atoms. The molecule has 1 heterocycles. The third-order valence-corrected chi connectivity index (χ3v) is 4.40. The van der Waals surface area contributed by atoms with Crippen LogP contribution in [0.5, 0.6) is 0 Å². The summed E-state index contributed by atoms with van der Waals surface area (Å²) in [6.07, 6.45) is 3.68. The number of hydrogen-bond acceptors (Lipinski definition) is 2. The standard InChI is InChI=1S/C14H27NO2/c1-5-11(3)9-14(6-2,13(16)17)15-8-7-12(4)10-15/h11-12H,5-10H2,1-4H3,(H,16,17). The van der Waals surface area contributed by atoms with Gasteiger partial charge in [-0.25, -0.2) is 0 Å². The molecule has 1 N–H and O–H groups in total. The molecule has 0 saturated carbocycles. The SMILES string of the molecule is CCC(C)CC(CC)(C(=O)O)N1CCC(C)C1. The largest absolute Gasteiger partial charge is 0.480 e. The highest BCUT2D eigenvalue weighted by atomic mass is 16.4. The summed E-state index contributed by atoms with van der Waals surface area (Å²) in [5.41, 5.74) is -0.625. The maximum absolute atomic E-state index is 11.8. The van der Waals surface area contributed by atoms with E-state index in [0.29, 0.717) is 18.3 Å². The summed E-state index contributed by atoms with van der Waals surface area (Å²) in [5.74, 6) is 0.480. The van der Waals surface area contributed by atoms with Gasteiger partial charge >= 0.3 is 5.97 Å². The maximum atomic E-state index is 11.8. The Hall–Kier alpha value is -0.570. The normalized spacial score (nSPS) is 26.7. The molecule has 3 atom stereocenters. The van der Waals surface area contributed by atoms with E-state index in [1.165, 1.54) is 0 Å². The van der Waals surface area contributed by atoms with Crippen LogP contribution in [0, 0.1) is 11.8 Å². The van der Waals surface area contributed by atoms with Gasteiger partial charge in [-0.15, -0.1) is 0 Å². The summed E-state index contributed by atoms with van der Waals surface area (Å²) in [5, 5.41) is 9.67. The Balaban J connectivity index is 2.88. The topological polar surface area (TPSA) is 40.5 Å². The molecule has 0 spiro atoms. The van der Waals surface area contributed by atoms with Crippen molar-refractivity contribution in [1.29, 1.82) is 0 Å². The number of hydrogen-bond donors (Lipinski definition) is 1. The van der Waals surface area contributed by atoms with Crippen molar-refractivity contribution in [3.05, 3.63) is 0 Å². The van der Waals surface area contributed by atoms with E-state index in [-0.39, 0.29) is 0 Å². The highest BCUT2D eigenvalue weighted by Crippen LogP contribution is 2.34. The minimum absolute atomic E-state index is 0.474. The first-order chi connectivity index (χ1) is 7.96. The number of nitrogens with zero attached hydrogens (tertiary/aromatic N) is 1. The molecule has 0 aliphatic carbocycles. The van der Waals surface area contributed by atoms with E-state index >= 15 is 0 Å². The molecule has 0 aromatic rings. The number of aliphatic carboxylic acids is 1. The van der Waals surface area contributed by atoms with Gasteiger partial charge in [-0.1, -0.05) is 34.1 Å². The van der Waals surface area contributed by atoms with Crippen molar-refractivity contribution in [3.8, 4) is 0 Å². The average molecular weight is 241 g/mol. The van der Waals surface area contributed by atoms with Gasteiger partial charge in [-0.3, -0.25) is 9.69 Å². The van der Waals surface area contributed by atoms with Gasteiger partial charge in [0.05, 0.1) is 0 Å². The van der Waals surface area contributed by atoms with Crippen LogP contribution in [0.15, 0.2) is 0 Å². The molecule has 1 fully saturated rings. The first-order valence-corrected chi connectivity index (χ1v) is 6.94. The van der Waals surface area contributed by atoms with Crippen molar-refractivity contribution in [2.45, 2.75) is 58.9 Å². The van der Waals surface area contributed by atoms with E-state index in [9.17, 15) is 9.90 Å². The van der Waals surface area contributed by atoms with Crippen LogP contribution >= 0.6 is 0 Å². The van der Waals surface area contributed by atoms with E-state index in [1.807, 2.05) is 6.92 Å². The second-order valence-corrected chi connectivity index (χ2v) is 5.75. The maximum Gasteiger partial charge on any atom is 0.324 e. The number of likely N-dealkylation sites (tertiary alicyclic amines) is 1. The highest BCUT2D eigenvalue weighted by Gasteiger charge is 2.45. The molecule has 3 unspecified atom stereocenters. The third kappa shape index (κ3) is 3.01. The van der Waals surface area contributed by atoms with Gasteiger partial charge in [0, 0.05) is 6.54 Å². The fraction of sp³-hybridized carbons (Fsp3) is 0.929. The minimum Gasteiger partial charge on any atom is -0.480 e. The van der Waals surface area contributed by atoms with Gasteiger partial charge in [-0.2, -0.15) is 0 Å². The van der Waals surface area contributed by atoms with Crippen LogP contribution in [-0.2, 0) is 4.79 Å². The molecule has 0 amide bonds. The molecule has 1 saturated heterocycles. The van der Waals surface area contributed by atoms with E-state index < -0.39 is 11.5 Å². The summed E-state index contributed by atoms with van der Waals surface area (Å²) in [6.45, 7) is 10.4. The number of carbonyl (C=O) groups is 1. The molecule has 1 rings (SSSR count). The van der Waals surface area contributed by atoms with Crippen LogP contribution in [0.1, 0.15) is 53.4 Å². The van der Waals surface area contributed by atoms with Crippen LogP contribution in [0.2, 0.25) is 0 Å². The van der Waals surface area contributed by atoms with E-state index in [4.69, 9.17) is 0 Å². The summed E-state index contributed by atoms with van der Waals surface area (Å²) in [6, 6.07) is 0. The molecule has 1 aliphatic rings. The van der Waals surface area contributed by atoms with Crippen molar-refractivity contribution in [3.63, 3.8) is 0 Å². The molecular weight excluding hydrogens is 214 g/mol. The van der Waals surface area contributed by atoms with Crippen LogP contribution in [0.4, 0.5) is 0 Å². The predicted molar refractivity (Wildman–Crippen MR) is 70.1 cm³/mol.